The van der Waals surface area contributed by atoms with Gasteiger partial charge in [-0.1, -0.05) is 17.7 Å². The summed E-state index contributed by atoms with van der Waals surface area (Å²) in [5.41, 5.74) is 2.01. The molecule has 0 amide bonds. The maximum atomic E-state index is 13.2. The number of hydrogen-bond acceptors (Lipinski definition) is 5. The molecule has 0 bridgehead atoms. The SMILES string of the molecule is Cc1ccc(S(=O)(=O)N2CCCN(S(=O)(=O)c3c(C)nn(C)c3C)CC2)cc1. The van der Waals surface area contributed by atoms with E-state index < -0.39 is 20.0 Å². The Morgan fingerprint density at radius 3 is 1.86 bits per heavy atom. The molecule has 0 saturated carbocycles. The molecule has 1 fully saturated rings. The van der Waals surface area contributed by atoms with Gasteiger partial charge in [-0.15, -0.1) is 0 Å². The summed E-state index contributed by atoms with van der Waals surface area (Å²) in [6.45, 7) is 6.08. The van der Waals surface area contributed by atoms with Crippen LogP contribution in [0, 0.1) is 20.8 Å². The van der Waals surface area contributed by atoms with Gasteiger partial charge in [0.25, 0.3) is 0 Å². The van der Waals surface area contributed by atoms with Crippen LogP contribution in [-0.2, 0) is 27.1 Å². The van der Waals surface area contributed by atoms with Crippen LogP contribution in [0.25, 0.3) is 0 Å². The first-order valence-corrected chi connectivity index (χ1v) is 12.0. The highest BCUT2D eigenvalue weighted by Gasteiger charge is 2.34. The Kier molecular flexibility index (Phi) is 5.68. The lowest BCUT2D eigenvalue weighted by atomic mass is 10.2. The number of aryl methyl sites for hydroxylation is 3. The molecule has 3 rings (SSSR count). The van der Waals surface area contributed by atoms with E-state index in [-0.39, 0.29) is 36.0 Å². The predicted molar refractivity (Wildman–Crippen MR) is 106 cm³/mol. The number of nitrogens with zero attached hydrogens (tertiary/aromatic N) is 4. The fourth-order valence-corrected chi connectivity index (χ4v) is 6.81. The molecular weight excluding hydrogens is 400 g/mol. The smallest absolute Gasteiger partial charge is 0.246 e. The zero-order chi connectivity index (χ0) is 20.7. The number of benzene rings is 1. The molecule has 0 aliphatic carbocycles. The molecule has 8 nitrogen and oxygen atoms in total. The van der Waals surface area contributed by atoms with Crippen LogP contribution in [0.15, 0.2) is 34.1 Å². The molecule has 2 heterocycles. The second-order valence-corrected chi connectivity index (χ2v) is 10.9. The maximum absolute atomic E-state index is 13.2. The minimum atomic E-state index is -3.74. The van der Waals surface area contributed by atoms with Gasteiger partial charge in [0.2, 0.25) is 20.0 Å². The lowest BCUT2D eigenvalue weighted by Gasteiger charge is -2.22. The lowest BCUT2D eigenvalue weighted by Crippen LogP contribution is -2.37. The molecule has 1 saturated heterocycles. The normalized spacial score (nSPS) is 17.6. The Labute approximate surface area is 166 Å². The van der Waals surface area contributed by atoms with E-state index in [0.29, 0.717) is 17.8 Å². The van der Waals surface area contributed by atoms with Gasteiger partial charge in [-0.25, -0.2) is 16.8 Å². The van der Waals surface area contributed by atoms with E-state index in [9.17, 15) is 16.8 Å². The Morgan fingerprint density at radius 1 is 0.821 bits per heavy atom. The van der Waals surface area contributed by atoms with Gasteiger partial charge in [-0.2, -0.15) is 13.7 Å². The van der Waals surface area contributed by atoms with Crippen LogP contribution in [0.3, 0.4) is 0 Å². The van der Waals surface area contributed by atoms with Crippen molar-refractivity contribution in [1.82, 2.24) is 18.4 Å². The van der Waals surface area contributed by atoms with E-state index in [2.05, 4.69) is 5.10 Å². The minimum absolute atomic E-state index is 0.112. The monoisotopic (exact) mass is 426 g/mol. The average molecular weight is 427 g/mol. The summed E-state index contributed by atoms with van der Waals surface area (Å²) in [6.07, 6.45) is 0.433. The van der Waals surface area contributed by atoms with Crippen molar-refractivity contribution in [2.24, 2.45) is 7.05 Å². The second-order valence-electron chi connectivity index (χ2n) is 7.10. The number of sulfonamides is 2. The van der Waals surface area contributed by atoms with Gasteiger partial charge in [0.05, 0.1) is 16.3 Å². The molecular formula is C18H26N4O4S2. The Hall–Kier alpha value is -1.75. The first-order valence-electron chi connectivity index (χ1n) is 9.12. The van der Waals surface area contributed by atoms with Gasteiger partial charge < -0.3 is 0 Å². The number of hydrogen-bond donors (Lipinski definition) is 0. The summed E-state index contributed by atoms with van der Waals surface area (Å²) in [6, 6.07) is 6.70. The minimum Gasteiger partial charge on any atom is -0.271 e. The van der Waals surface area contributed by atoms with Crippen LogP contribution in [-0.4, -0.2) is 61.4 Å². The van der Waals surface area contributed by atoms with Crippen molar-refractivity contribution in [3.05, 3.63) is 41.2 Å². The first kappa shape index (κ1) is 21.0. The molecule has 0 atom stereocenters. The molecule has 2 aromatic rings. The van der Waals surface area contributed by atoms with Crippen molar-refractivity contribution in [2.45, 2.75) is 37.0 Å². The van der Waals surface area contributed by atoms with Gasteiger partial charge in [0.1, 0.15) is 4.90 Å². The third-order valence-corrected chi connectivity index (χ3v) is 9.18. The van der Waals surface area contributed by atoms with E-state index in [1.165, 1.54) is 8.61 Å². The molecule has 0 spiro atoms. The quantitative estimate of drug-likeness (QED) is 0.737. The van der Waals surface area contributed by atoms with Crippen molar-refractivity contribution in [3.8, 4) is 0 Å². The van der Waals surface area contributed by atoms with Crippen LogP contribution >= 0.6 is 0 Å². The number of rotatable bonds is 4. The molecule has 0 unspecified atom stereocenters. The van der Waals surface area contributed by atoms with E-state index in [1.54, 1.807) is 49.8 Å². The summed E-state index contributed by atoms with van der Waals surface area (Å²) in [5, 5.41) is 4.20. The van der Waals surface area contributed by atoms with Crippen LogP contribution in [0.2, 0.25) is 0 Å². The molecule has 28 heavy (non-hydrogen) atoms. The molecule has 1 aliphatic rings. The maximum Gasteiger partial charge on any atom is 0.246 e. The highest BCUT2D eigenvalue weighted by Crippen LogP contribution is 2.25. The Bertz CT molecular complexity index is 1070. The highest BCUT2D eigenvalue weighted by molar-refractivity contribution is 7.89. The third kappa shape index (κ3) is 3.73. The zero-order valence-corrected chi connectivity index (χ0v) is 18.2. The van der Waals surface area contributed by atoms with Gasteiger partial charge in [-0.3, -0.25) is 4.68 Å². The summed E-state index contributed by atoms with van der Waals surface area (Å²) < 4.78 is 56.5. The molecule has 154 valence electrons. The van der Waals surface area contributed by atoms with Crippen molar-refractivity contribution in [3.63, 3.8) is 0 Å². The zero-order valence-electron chi connectivity index (χ0n) is 16.6. The molecule has 10 heteroatoms. The van der Waals surface area contributed by atoms with E-state index >= 15 is 0 Å². The summed E-state index contributed by atoms with van der Waals surface area (Å²) in [5.74, 6) is 0. The largest absolute Gasteiger partial charge is 0.271 e. The van der Waals surface area contributed by atoms with E-state index in [4.69, 9.17) is 0 Å². The average Bonchev–Trinajstić information content (AvgIpc) is 2.81. The first-order chi connectivity index (χ1) is 13.0. The predicted octanol–water partition coefficient (Wildman–Crippen LogP) is 1.43. The molecule has 0 radical (unpaired) electrons. The van der Waals surface area contributed by atoms with Crippen LogP contribution in [0.5, 0.6) is 0 Å². The number of aromatic nitrogens is 2. The third-order valence-electron chi connectivity index (χ3n) is 5.11. The van der Waals surface area contributed by atoms with Crippen molar-refractivity contribution >= 4 is 20.0 Å². The van der Waals surface area contributed by atoms with Crippen LogP contribution in [0.1, 0.15) is 23.4 Å². The fraction of sp³-hybridized carbons (Fsp3) is 0.500. The van der Waals surface area contributed by atoms with Crippen molar-refractivity contribution < 1.29 is 16.8 Å². The molecule has 0 N–H and O–H groups in total. The topological polar surface area (TPSA) is 92.6 Å². The summed E-state index contributed by atoms with van der Waals surface area (Å²) in [7, 11) is -5.68. The Balaban J connectivity index is 1.84. The Morgan fingerprint density at radius 2 is 1.36 bits per heavy atom. The second kappa shape index (κ2) is 7.58. The fourth-order valence-electron chi connectivity index (χ4n) is 3.47. The highest BCUT2D eigenvalue weighted by atomic mass is 32.2. The lowest BCUT2D eigenvalue weighted by molar-refractivity contribution is 0.404. The van der Waals surface area contributed by atoms with E-state index in [1.807, 2.05) is 6.92 Å². The van der Waals surface area contributed by atoms with Gasteiger partial charge >= 0.3 is 0 Å². The molecule has 1 aliphatic heterocycles. The van der Waals surface area contributed by atoms with Gasteiger partial charge in [-0.05, 0) is 39.3 Å². The van der Waals surface area contributed by atoms with Gasteiger partial charge in [0, 0.05) is 33.2 Å². The van der Waals surface area contributed by atoms with Crippen molar-refractivity contribution in [2.75, 3.05) is 26.2 Å². The summed E-state index contributed by atoms with van der Waals surface area (Å²) >= 11 is 0. The van der Waals surface area contributed by atoms with Crippen LogP contribution < -0.4 is 0 Å². The summed E-state index contributed by atoms with van der Waals surface area (Å²) in [4.78, 5) is 0.443. The van der Waals surface area contributed by atoms with Gasteiger partial charge in [0.15, 0.2) is 0 Å². The van der Waals surface area contributed by atoms with Crippen molar-refractivity contribution in [1.29, 1.82) is 0 Å². The van der Waals surface area contributed by atoms with E-state index in [0.717, 1.165) is 5.56 Å². The molecule has 1 aromatic heterocycles. The van der Waals surface area contributed by atoms with Crippen LogP contribution in [0.4, 0.5) is 0 Å². The molecule has 1 aromatic carbocycles. The standard InChI is InChI=1S/C18H26N4O4S2/c1-14-6-8-17(9-7-14)27(23,24)21-10-5-11-22(13-12-21)28(25,26)18-15(2)19-20(4)16(18)3/h6-9H,5,10-13H2,1-4H3.